The summed E-state index contributed by atoms with van der Waals surface area (Å²) >= 11 is 11.3. The topological polar surface area (TPSA) is 99.9 Å². The third-order valence-electron chi connectivity index (χ3n) is 4.41. The summed E-state index contributed by atoms with van der Waals surface area (Å²) in [5, 5.41) is 13.6. The summed E-state index contributed by atoms with van der Waals surface area (Å²) in [6, 6.07) is 12.5. The second-order valence-corrected chi connectivity index (χ2v) is 7.36. The number of halogens is 2. The highest BCUT2D eigenvalue weighted by atomic mass is 35.5. The Morgan fingerprint density at radius 3 is 2.45 bits per heavy atom. The van der Waals surface area contributed by atoms with E-state index in [-0.39, 0.29) is 12.3 Å². The first kappa shape index (κ1) is 21.4. The molecule has 0 saturated carbocycles. The van der Waals surface area contributed by atoms with Gasteiger partial charge < -0.3 is 19.4 Å². The van der Waals surface area contributed by atoms with Crippen LogP contribution < -0.4 is 15.5 Å². The number of hydrogen-bond donors (Lipinski definition) is 1. The van der Waals surface area contributed by atoms with Crippen molar-refractivity contribution in [2.75, 3.05) is 13.7 Å². The highest BCUT2D eigenvalue weighted by Gasteiger charge is 2.38. The molecule has 8 nitrogen and oxygen atoms in total. The van der Waals surface area contributed by atoms with Crippen molar-refractivity contribution in [2.24, 2.45) is 0 Å². The van der Waals surface area contributed by atoms with E-state index in [1.165, 1.54) is 12.1 Å². The lowest BCUT2D eigenvalue weighted by atomic mass is 9.76. The Morgan fingerprint density at radius 1 is 1.24 bits per heavy atom. The molecular formula is C18H17BCl2N2O6. The van der Waals surface area contributed by atoms with Crippen LogP contribution in [0, 0.1) is 10.1 Å². The summed E-state index contributed by atoms with van der Waals surface area (Å²) < 4.78 is 17.0. The Bertz CT molecular complexity index is 866. The fourth-order valence-electron chi connectivity index (χ4n) is 2.94. The van der Waals surface area contributed by atoms with Crippen molar-refractivity contribution >= 4 is 47.4 Å². The molecule has 0 unspecified atom stereocenters. The minimum absolute atomic E-state index is 0.0466. The molecule has 1 aliphatic rings. The molecule has 0 aliphatic carbocycles. The summed E-state index contributed by atoms with van der Waals surface area (Å²) in [5.74, 6) is 0.109. The number of non-ortho nitro benzene ring substituents is 1. The normalized spacial score (nSPS) is 19.1. The molecule has 0 radical (unpaired) electrons. The molecule has 3 rings (SSSR count). The Hall–Kier alpha value is -2.33. The number of ether oxygens (including phenoxy) is 1. The number of alkyl halides is 2. The third kappa shape index (κ3) is 5.19. The molecule has 0 bridgehead atoms. The highest BCUT2D eigenvalue weighted by Crippen LogP contribution is 2.28. The zero-order valence-electron chi connectivity index (χ0n) is 15.3. The zero-order chi connectivity index (χ0) is 21.0. The predicted molar refractivity (Wildman–Crippen MR) is 109 cm³/mol. The number of nitro benzene ring substituents is 1. The lowest BCUT2D eigenvalue weighted by Gasteiger charge is -2.36. The van der Waals surface area contributed by atoms with Gasteiger partial charge in [0.2, 0.25) is 0 Å². The van der Waals surface area contributed by atoms with E-state index < -0.39 is 34.9 Å². The Kier molecular flexibility index (Phi) is 6.97. The number of benzene rings is 2. The second kappa shape index (κ2) is 9.45. The molecule has 1 amide bonds. The SMILES string of the molecule is COc1ccc(B2OC[C@@H](NC(=O)C(Cl)Cl)[C@@H](c3ccc([N+](=O)[O-])cc3)O2)cc1. The van der Waals surface area contributed by atoms with E-state index in [9.17, 15) is 14.9 Å². The van der Waals surface area contributed by atoms with Crippen molar-refractivity contribution < 1.29 is 23.8 Å². The van der Waals surface area contributed by atoms with E-state index >= 15 is 0 Å². The van der Waals surface area contributed by atoms with Crippen LogP contribution in [0.3, 0.4) is 0 Å². The van der Waals surface area contributed by atoms with Gasteiger partial charge in [-0.2, -0.15) is 0 Å². The van der Waals surface area contributed by atoms with Gasteiger partial charge in [-0.05, 0) is 35.3 Å². The molecule has 1 heterocycles. The molecule has 0 aromatic heterocycles. The predicted octanol–water partition coefficient (Wildman–Crippen LogP) is 2.38. The maximum Gasteiger partial charge on any atom is 0.494 e. The summed E-state index contributed by atoms with van der Waals surface area (Å²) in [7, 11) is 0.874. The average Bonchev–Trinajstić information content (AvgIpc) is 2.74. The van der Waals surface area contributed by atoms with Gasteiger partial charge in [0.15, 0.2) is 4.84 Å². The van der Waals surface area contributed by atoms with E-state index in [1.807, 2.05) is 12.1 Å². The van der Waals surface area contributed by atoms with Crippen molar-refractivity contribution in [3.05, 3.63) is 64.2 Å². The van der Waals surface area contributed by atoms with E-state index in [0.29, 0.717) is 11.3 Å². The number of nitro groups is 1. The molecule has 1 N–H and O–H groups in total. The molecule has 1 aliphatic heterocycles. The summed E-state index contributed by atoms with van der Waals surface area (Å²) in [4.78, 5) is 21.2. The van der Waals surface area contributed by atoms with Gasteiger partial charge in [-0.25, -0.2) is 0 Å². The minimum atomic E-state index is -1.24. The van der Waals surface area contributed by atoms with E-state index in [4.69, 9.17) is 37.2 Å². The average molecular weight is 439 g/mol. The number of carbonyl (C=O) groups is 1. The van der Waals surface area contributed by atoms with E-state index in [0.717, 1.165) is 5.46 Å². The number of nitrogens with one attached hydrogen (secondary N) is 1. The molecule has 11 heteroatoms. The Labute approximate surface area is 177 Å². The van der Waals surface area contributed by atoms with Gasteiger partial charge in [-0.15, -0.1) is 0 Å². The van der Waals surface area contributed by atoms with Crippen LogP contribution in [0.1, 0.15) is 11.7 Å². The van der Waals surface area contributed by atoms with Crippen LogP contribution in [-0.2, 0) is 14.1 Å². The van der Waals surface area contributed by atoms with Crippen molar-refractivity contribution in [1.29, 1.82) is 0 Å². The fourth-order valence-corrected chi connectivity index (χ4v) is 3.07. The fraction of sp³-hybridized carbons (Fsp3) is 0.278. The number of hydrogen-bond acceptors (Lipinski definition) is 6. The van der Waals surface area contributed by atoms with Crippen LogP contribution in [0.15, 0.2) is 48.5 Å². The number of carbonyl (C=O) groups excluding carboxylic acids is 1. The van der Waals surface area contributed by atoms with Gasteiger partial charge >= 0.3 is 7.12 Å². The minimum Gasteiger partial charge on any atom is -0.497 e. The molecule has 1 saturated heterocycles. The Morgan fingerprint density at radius 2 is 1.90 bits per heavy atom. The number of rotatable bonds is 6. The number of methoxy groups -OCH3 is 1. The molecule has 152 valence electrons. The molecular weight excluding hydrogens is 422 g/mol. The first-order valence-corrected chi connectivity index (χ1v) is 9.50. The molecule has 2 aromatic carbocycles. The maximum atomic E-state index is 12.0. The largest absolute Gasteiger partial charge is 0.497 e. The van der Waals surface area contributed by atoms with Crippen LogP contribution >= 0.6 is 23.2 Å². The molecule has 1 fully saturated rings. The lowest BCUT2D eigenvalue weighted by Crippen LogP contribution is -2.54. The summed E-state index contributed by atoms with van der Waals surface area (Å²) in [6.07, 6.45) is -0.632. The van der Waals surface area contributed by atoms with E-state index in [1.54, 1.807) is 31.4 Å². The van der Waals surface area contributed by atoms with Gasteiger partial charge in [0.25, 0.3) is 11.6 Å². The molecule has 0 spiro atoms. The Balaban J connectivity index is 1.85. The highest BCUT2D eigenvalue weighted by molar-refractivity contribution is 6.61. The standard InChI is InChI=1S/C18H17BCl2N2O6/c1-27-14-8-4-12(5-9-14)19-28-10-15(22-18(24)17(20)21)16(29-19)11-2-6-13(7-3-11)23(25)26/h2-9,15-17H,10H2,1H3,(H,22,24)/t15-,16-/m1/s1. The second-order valence-electron chi connectivity index (χ2n) is 6.26. The molecule has 2 aromatic rings. The third-order valence-corrected chi connectivity index (χ3v) is 4.81. The van der Waals surface area contributed by atoms with Crippen molar-refractivity contribution in [3.8, 4) is 5.75 Å². The van der Waals surface area contributed by atoms with Crippen molar-refractivity contribution in [2.45, 2.75) is 17.0 Å². The van der Waals surface area contributed by atoms with Crippen LogP contribution in [0.2, 0.25) is 0 Å². The maximum absolute atomic E-state index is 12.0. The number of amides is 1. The lowest BCUT2D eigenvalue weighted by molar-refractivity contribution is -0.384. The zero-order valence-corrected chi connectivity index (χ0v) is 16.8. The van der Waals surface area contributed by atoms with Gasteiger partial charge in [0.1, 0.15) is 5.75 Å². The van der Waals surface area contributed by atoms with Crippen molar-refractivity contribution in [1.82, 2.24) is 5.32 Å². The smallest absolute Gasteiger partial charge is 0.494 e. The van der Waals surface area contributed by atoms with Crippen molar-refractivity contribution in [3.63, 3.8) is 0 Å². The first-order valence-electron chi connectivity index (χ1n) is 8.63. The summed E-state index contributed by atoms with van der Waals surface area (Å²) in [6.45, 7) is 0.130. The van der Waals surface area contributed by atoms with Crippen LogP contribution in [0.4, 0.5) is 5.69 Å². The van der Waals surface area contributed by atoms with Gasteiger partial charge in [-0.1, -0.05) is 35.3 Å². The van der Waals surface area contributed by atoms with Gasteiger partial charge in [0, 0.05) is 12.1 Å². The van der Waals surface area contributed by atoms with Gasteiger partial charge in [0.05, 0.1) is 30.8 Å². The van der Waals surface area contributed by atoms with Crippen LogP contribution in [0.5, 0.6) is 5.75 Å². The van der Waals surface area contributed by atoms with E-state index in [2.05, 4.69) is 5.32 Å². The first-order chi connectivity index (χ1) is 13.9. The van der Waals surface area contributed by atoms with Crippen LogP contribution in [0.25, 0.3) is 0 Å². The molecule has 29 heavy (non-hydrogen) atoms. The number of nitrogens with zero attached hydrogens (tertiary/aromatic N) is 1. The molecule has 2 atom stereocenters. The quantitative estimate of drug-likeness (QED) is 0.321. The monoisotopic (exact) mass is 438 g/mol. The van der Waals surface area contributed by atoms with Crippen LogP contribution in [-0.4, -0.2) is 42.5 Å². The summed E-state index contributed by atoms with van der Waals surface area (Å²) in [5.41, 5.74) is 1.35. The van der Waals surface area contributed by atoms with Gasteiger partial charge in [-0.3, -0.25) is 14.9 Å².